The van der Waals surface area contributed by atoms with Gasteiger partial charge in [-0.05, 0) is 24.6 Å². The molecule has 0 aliphatic heterocycles. The number of rotatable bonds is 2. The van der Waals surface area contributed by atoms with E-state index in [1.807, 2.05) is 30.8 Å². The standard InChI is InChI=1S/C11H10ClN5S/c1-6-3-7-9(14-8-4-17(2)5-13-8)15-11(12)16-10(7)18-6/h3-5H,1-2H3,(H,14,15,16). The lowest BCUT2D eigenvalue weighted by Crippen LogP contribution is -1.96. The lowest BCUT2D eigenvalue weighted by Gasteiger charge is -2.03. The van der Waals surface area contributed by atoms with Crippen LogP contribution in [0.4, 0.5) is 11.6 Å². The van der Waals surface area contributed by atoms with Crippen LogP contribution in [0.3, 0.4) is 0 Å². The van der Waals surface area contributed by atoms with Crippen molar-refractivity contribution in [1.29, 1.82) is 0 Å². The molecule has 0 saturated heterocycles. The third kappa shape index (κ3) is 2.04. The zero-order valence-corrected chi connectivity index (χ0v) is 11.4. The third-order valence-electron chi connectivity index (χ3n) is 2.44. The third-order valence-corrected chi connectivity index (χ3v) is 3.55. The maximum Gasteiger partial charge on any atom is 0.225 e. The van der Waals surface area contributed by atoms with Gasteiger partial charge in [-0.3, -0.25) is 0 Å². The van der Waals surface area contributed by atoms with Gasteiger partial charge in [-0.15, -0.1) is 11.3 Å². The molecule has 0 fully saturated rings. The molecule has 0 spiro atoms. The van der Waals surface area contributed by atoms with Crippen LogP contribution in [0.15, 0.2) is 18.6 Å². The van der Waals surface area contributed by atoms with E-state index in [0.717, 1.165) is 16.0 Å². The minimum absolute atomic E-state index is 0.239. The molecule has 18 heavy (non-hydrogen) atoms. The van der Waals surface area contributed by atoms with Gasteiger partial charge in [0.1, 0.15) is 16.5 Å². The van der Waals surface area contributed by atoms with Crippen LogP contribution >= 0.6 is 22.9 Å². The minimum Gasteiger partial charge on any atom is -0.338 e. The Kier molecular flexibility index (Phi) is 2.68. The van der Waals surface area contributed by atoms with Crippen molar-refractivity contribution in [2.75, 3.05) is 5.32 Å². The summed E-state index contributed by atoms with van der Waals surface area (Å²) < 4.78 is 1.86. The van der Waals surface area contributed by atoms with Gasteiger partial charge in [0, 0.05) is 18.1 Å². The highest BCUT2D eigenvalue weighted by Crippen LogP contribution is 2.30. The molecule has 3 heterocycles. The first-order valence-electron chi connectivity index (χ1n) is 5.30. The van der Waals surface area contributed by atoms with Crippen LogP contribution in [0.1, 0.15) is 4.88 Å². The predicted molar refractivity (Wildman–Crippen MR) is 73.7 cm³/mol. The number of hydrogen-bond donors (Lipinski definition) is 1. The quantitative estimate of drug-likeness (QED) is 0.732. The van der Waals surface area contributed by atoms with Crippen molar-refractivity contribution in [3.8, 4) is 0 Å². The van der Waals surface area contributed by atoms with E-state index < -0.39 is 0 Å². The second-order valence-corrected chi connectivity index (χ2v) is 5.54. The van der Waals surface area contributed by atoms with Gasteiger partial charge < -0.3 is 9.88 Å². The van der Waals surface area contributed by atoms with Crippen molar-refractivity contribution in [3.63, 3.8) is 0 Å². The lowest BCUT2D eigenvalue weighted by molar-refractivity contribution is 0.913. The van der Waals surface area contributed by atoms with Gasteiger partial charge in [0.15, 0.2) is 0 Å². The zero-order chi connectivity index (χ0) is 12.7. The molecule has 0 radical (unpaired) electrons. The molecule has 1 N–H and O–H groups in total. The summed E-state index contributed by atoms with van der Waals surface area (Å²) in [6, 6.07) is 2.04. The average Bonchev–Trinajstić information content (AvgIpc) is 2.84. The molecule has 3 aromatic rings. The second kappa shape index (κ2) is 4.22. The zero-order valence-electron chi connectivity index (χ0n) is 9.81. The summed E-state index contributed by atoms with van der Waals surface area (Å²) in [5, 5.41) is 4.37. The number of halogens is 1. The molecular weight excluding hydrogens is 270 g/mol. The molecule has 0 aliphatic rings. The molecule has 0 amide bonds. The molecule has 0 saturated carbocycles. The minimum atomic E-state index is 0.239. The van der Waals surface area contributed by atoms with E-state index in [9.17, 15) is 0 Å². The lowest BCUT2D eigenvalue weighted by atomic mass is 10.3. The number of aromatic nitrogens is 4. The van der Waals surface area contributed by atoms with Crippen molar-refractivity contribution in [3.05, 3.63) is 28.8 Å². The smallest absolute Gasteiger partial charge is 0.225 e. The highest BCUT2D eigenvalue weighted by molar-refractivity contribution is 7.18. The van der Waals surface area contributed by atoms with Crippen molar-refractivity contribution >= 4 is 44.8 Å². The highest BCUT2D eigenvalue weighted by Gasteiger charge is 2.10. The maximum atomic E-state index is 5.92. The Labute approximate surface area is 112 Å². The monoisotopic (exact) mass is 279 g/mol. The van der Waals surface area contributed by atoms with Gasteiger partial charge >= 0.3 is 0 Å². The molecule has 92 valence electrons. The number of anilines is 2. The van der Waals surface area contributed by atoms with Crippen LogP contribution in [-0.2, 0) is 7.05 Å². The molecule has 5 nitrogen and oxygen atoms in total. The van der Waals surface area contributed by atoms with Crippen molar-refractivity contribution in [2.45, 2.75) is 6.92 Å². The van der Waals surface area contributed by atoms with Gasteiger partial charge in [0.2, 0.25) is 5.28 Å². The molecule has 0 aromatic carbocycles. The summed E-state index contributed by atoms with van der Waals surface area (Å²) in [7, 11) is 1.91. The molecular formula is C11H10ClN5S. The Morgan fingerprint density at radius 1 is 1.39 bits per heavy atom. The van der Waals surface area contributed by atoms with E-state index >= 15 is 0 Å². The van der Waals surface area contributed by atoms with Gasteiger partial charge in [-0.2, -0.15) is 4.98 Å². The first-order valence-corrected chi connectivity index (χ1v) is 6.50. The number of imidazole rings is 1. The fraction of sp³-hybridized carbons (Fsp3) is 0.182. The average molecular weight is 280 g/mol. The highest BCUT2D eigenvalue weighted by atomic mass is 35.5. The molecule has 0 unspecified atom stereocenters. The van der Waals surface area contributed by atoms with E-state index in [0.29, 0.717) is 5.82 Å². The number of fused-ring (bicyclic) bond motifs is 1. The summed E-state index contributed by atoms with van der Waals surface area (Å²) in [4.78, 5) is 14.7. The summed E-state index contributed by atoms with van der Waals surface area (Å²) in [5.41, 5.74) is 0. The Hall–Kier alpha value is -1.66. The first-order chi connectivity index (χ1) is 8.61. The van der Waals surface area contributed by atoms with Gasteiger partial charge in [0.05, 0.1) is 11.7 Å². The molecule has 3 aromatic heterocycles. The van der Waals surface area contributed by atoms with Crippen LogP contribution in [0.25, 0.3) is 10.2 Å². The van der Waals surface area contributed by atoms with Crippen LogP contribution in [0.2, 0.25) is 5.28 Å². The maximum absolute atomic E-state index is 5.92. The Morgan fingerprint density at radius 3 is 2.94 bits per heavy atom. The fourth-order valence-corrected chi connectivity index (χ4v) is 2.81. The number of thiophene rings is 1. The van der Waals surface area contributed by atoms with Gasteiger partial charge in [-0.25, -0.2) is 9.97 Å². The van der Waals surface area contributed by atoms with Gasteiger partial charge in [0.25, 0.3) is 0 Å². The molecule has 3 rings (SSSR count). The SMILES string of the molecule is Cc1cc2c(Nc3cn(C)cn3)nc(Cl)nc2s1. The Balaban J connectivity index is 2.10. The van der Waals surface area contributed by atoms with E-state index in [4.69, 9.17) is 11.6 Å². The predicted octanol–water partition coefficient (Wildman–Crippen LogP) is 3.13. The van der Waals surface area contributed by atoms with E-state index in [1.54, 1.807) is 17.7 Å². The van der Waals surface area contributed by atoms with Crippen molar-refractivity contribution in [1.82, 2.24) is 19.5 Å². The number of hydrogen-bond acceptors (Lipinski definition) is 5. The van der Waals surface area contributed by atoms with E-state index in [-0.39, 0.29) is 5.28 Å². The van der Waals surface area contributed by atoms with E-state index in [2.05, 4.69) is 20.3 Å². The molecule has 0 bridgehead atoms. The number of nitrogens with zero attached hydrogens (tertiary/aromatic N) is 4. The normalized spacial score (nSPS) is 11.1. The largest absolute Gasteiger partial charge is 0.338 e. The first kappa shape index (κ1) is 11.4. The fourth-order valence-electron chi connectivity index (χ4n) is 1.71. The van der Waals surface area contributed by atoms with Crippen LogP contribution in [-0.4, -0.2) is 19.5 Å². The van der Waals surface area contributed by atoms with Gasteiger partial charge in [-0.1, -0.05) is 0 Å². The summed E-state index contributed by atoms with van der Waals surface area (Å²) in [6.07, 6.45) is 3.60. The topological polar surface area (TPSA) is 55.6 Å². The summed E-state index contributed by atoms with van der Waals surface area (Å²) >= 11 is 7.52. The molecule has 0 atom stereocenters. The summed E-state index contributed by atoms with van der Waals surface area (Å²) in [5.74, 6) is 1.42. The Bertz CT molecular complexity index is 717. The Morgan fingerprint density at radius 2 is 2.22 bits per heavy atom. The number of nitrogens with one attached hydrogen (secondary N) is 1. The van der Waals surface area contributed by atoms with Crippen LogP contribution in [0, 0.1) is 6.92 Å². The van der Waals surface area contributed by atoms with E-state index in [1.165, 1.54) is 4.88 Å². The molecule has 0 aliphatic carbocycles. The second-order valence-electron chi connectivity index (χ2n) is 3.97. The van der Waals surface area contributed by atoms with Crippen molar-refractivity contribution < 1.29 is 0 Å². The van der Waals surface area contributed by atoms with Crippen LogP contribution < -0.4 is 5.32 Å². The number of aryl methyl sites for hydroxylation is 2. The van der Waals surface area contributed by atoms with Crippen molar-refractivity contribution in [2.24, 2.45) is 7.05 Å². The van der Waals surface area contributed by atoms with Crippen LogP contribution in [0.5, 0.6) is 0 Å². The summed E-state index contributed by atoms with van der Waals surface area (Å²) in [6.45, 7) is 2.03. The molecule has 7 heteroatoms.